The van der Waals surface area contributed by atoms with Crippen molar-refractivity contribution < 1.29 is 9.18 Å². The maximum atomic E-state index is 14.8. The van der Waals surface area contributed by atoms with Gasteiger partial charge in [-0.1, -0.05) is 35.9 Å². The van der Waals surface area contributed by atoms with Crippen LogP contribution < -0.4 is 10.6 Å². The van der Waals surface area contributed by atoms with Gasteiger partial charge in [-0.05, 0) is 61.4 Å². The van der Waals surface area contributed by atoms with Crippen LogP contribution in [0.3, 0.4) is 0 Å². The Morgan fingerprint density at radius 3 is 2.76 bits per heavy atom. The fourth-order valence-corrected chi connectivity index (χ4v) is 4.52. The third-order valence-corrected chi connectivity index (χ3v) is 6.47. The lowest BCUT2D eigenvalue weighted by molar-refractivity contribution is -0.111. The summed E-state index contributed by atoms with van der Waals surface area (Å²) in [7, 11) is 5.84. The summed E-state index contributed by atoms with van der Waals surface area (Å²) in [6.07, 6.45) is 6.72. The summed E-state index contributed by atoms with van der Waals surface area (Å²) >= 11 is 6.02. The number of carbonyl (C=O) groups is 1. The SMILES string of the molecule is CN(C)C/C=C/C(=O)Nc1ccc2ncnc(Nc3cccc(Cl)c3F)c2c1-c1ccc2ccn(C)c2c1. The standard InChI is InChI=1S/C29H26ClFN6O/c1-36(2)14-5-8-25(38)34-22-12-11-21-27(26(22)19-10-9-18-13-15-37(3)24(18)16-19)29(33-17-32-21)35-23-7-4-6-20(30)28(23)31/h4-13,15-17H,14H2,1-3H3,(H,34,38)(H,32,33,35)/b8-5+. The molecule has 0 aliphatic rings. The van der Waals surface area contributed by atoms with Gasteiger partial charge in [0.2, 0.25) is 5.91 Å². The van der Waals surface area contributed by atoms with Gasteiger partial charge in [0.05, 0.1) is 21.6 Å². The van der Waals surface area contributed by atoms with Crippen LogP contribution in [0.5, 0.6) is 0 Å². The molecule has 2 heterocycles. The second kappa shape index (κ2) is 10.6. The number of rotatable bonds is 7. The van der Waals surface area contributed by atoms with E-state index in [0.717, 1.165) is 16.5 Å². The molecular weight excluding hydrogens is 503 g/mol. The minimum absolute atomic E-state index is 0.000193. The first-order valence-electron chi connectivity index (χ1n) is 12.0. The number of nitrogens with zero attached hydrogens (tertiary/aromatic N) is 4. The number of aryl methyl sites for hydroxylation is 1. The van der Waals surface area contributed by atoms with E-state index in [1.165, 1.54) is 18.5 Å². The van der Waals surface area contributed by atoms with E-state index in [0.29, 0.717) is 34.5 Å². The fourth-order valence-electron chi connectivity index (χ4n) is 4.34. The van der Waals surface area contributed by atoms with Gasteiger partial charge in [0.1, 0.15) is 12.1 Å². The molecule has 0 radical (unpaired) electrons. The van der Waals surface area contributed by atoms with E-state index in [9.17, 15) is 9.18 Å². The van der Waals surface area contributed by atoms with Crippen LogP contribution in [0.4, 0.5) is 21.6 Å². The Bertz CT molecular complexity index is 1690. The first-order chi connectivity index (χ1) is 18.3. The Kier molecular flexibility index (Phi) is 7.09. The van der Waals surface area contributed by atoms with E-state index in [1.807, 2.05) is 61.1 Å². The minimum Gasteiger partial charge on any atom is -0.351 e. The Labute approximate surface area is 224 Å². The number of aromatic nitrogens is 3. The molecular formula is C29H26ClFN6O. The molecule has 0 bridgehead atoms. The molecule has 7 nitrogen and oxygen atoms in total. The Morgan fingerprint density at radius 1 is 1.11 bits per heavy atom. The van der Waals surface area contributed by atoms with Gasteiger partial charge in [0.15, 0.2) is 5.82 Å². The van der Waals surface area contributed by atoms with E-state index >= 15 is 0 Å². The Hall–Kier alpha value is -4.27. The number of likely N-dealkylation sites (N-methyl/N-ethyl adjacent to an activating group) is 1. The number of hydrogen-bond donors (Lipinski definition) is 2. The number of carbonyl (C=O) groups excluding carboxylic acids is 1. The number of benzene rings is 3. The van der Waals surface area contributed by atoms with Crippen molar-refractivity contribution in [3.05, 3.63) is 90.1 Å². The van der Waals surface area contributed by atoms with E-state index < -0.39 is 5.82 Å². The van der Waals surface area contributed by atoms with Crippen molar-refractivity contribution in [2.45, 2.75) is 0 Å². The summed E-state index contributed by atoms with van der Waals surface area (Å²) < 4.78 is 16.8. The van der Waals surface area contributed by atoms with Gasteiger partial charge in [0.25, 0.3) is 0 Å². The monoisotopic (exact) mass is 528 g/mol. The van der Waals surface area contributed by atoms with E-state index in [-0.39, 0.29) is 16.6 Å². The van der Waals surface area contributed by atoms with Gasteiger partial charge in [-0.15, -0.1) is 0 Å². The molecule has 0 atom stereocenters. The van der Waals surface area contributed by atoms with E-state index in [4.69, 9.17) is 11.6 Å². The van der Waals surface area contributed by atoms with Crippen LogP contribution in [0.2, 0.25) is 5.02 Å². The van der Waals surface area contributed by atoms with Gasteiger partial charge < -0.3 is 20.1 Å². The maximum Gasteiger partial charge on any atom is 0.248 e. The molecule has 3 aromatic carbocycles. The zero-order valence-corrected chi connectivity index (χ0v) is 21.9. The lowest BCUT2D eigenvalue weighted by atomic mass is 9.97. The fraction of sp³-hybridized carbons (Fsp3) is 0.138. The molecule has 0 aliphatic carbocycles. The minimum atomic E-state index is -0.580. The molecule has 5 aromatic rings. The lowest BCUT2D eigenvalue weighted by Gasteiger charge is -2.17. The van der Waals surface area contributed by atoms with E-state index in [1.54, 1.807) is 24.3 Å². The van der Waals surface area contributed by atoms with Gasteiger partial charge in [-0.25, -0.2) is 14.4 Å². The van der Waals surface area contributed by atoms with Crippen LogP contribution in [-0.4, -0.2) is 46.0 Å². The van der Waals surface area contributed by atoms with Gasteiger partial charge >= 0.3 is 0 Å². The molecule has 38 heavy (non-hydrogen) atoms. The normalized spacial score (nSPS) is 11.6. The van der Waals surface area contributed by atoms with Gasteiger partial charge in [-0.3, -0.25) is 4.79 Å². The van der Waals surface area contributed by atoms with Crippen LogP contribution in [0, 0.1) is 5.82 Å². The lowest BCUT2D eigenvalue weighted by Crippen LogP contribution is -2.13. The number of fused-ring (bicyclic) bond motifs is 2. The Balaban J connectivity index is 1.70. The molecule has 0 saturated heterocycles. The number of nitrogens with one attached hydrogen (secondary N) is 2. The summed E-state index contributed by atoms with van der Waals surface area (Å²) in [6.45, 7) is 0.634. The highest BCUT2D eigenvalue weighted by Crippen LogP contribution is 2.40. The smallest absolute Gasteiger partial charge is 0.248 e. The summed E-state index contributed by atoms with van der Waals surface area (Å²) in [5, 5.41) is 7.82. The predicted molar refractivity (Wildman–Crippen MR) is 152 cm³/mol. The van der Waals surface area contributed by atoms with Crippen molar-refractivity contribution in [2.75, 3.05) is 31.3 Å². The Morgan fingerprint density at radius 2 is 1.95 bits per heavy atom. The quantitative estimate of drug-likeness (QED) is 0.240. The maximum absolute atomic E-state index is 14.8. The zero-order chi connectivity index (χ0) is 26.8. The first kappa shape index (κ1) is 25.4. The highest BCUT2D eigenvalue weighted by atomic mass is 35.5. The third-order valence-electron chi connectivity index (χ3n) is 6.18. The second-order valence-electron chi connectivity index (χ2n) is 9.19. The van der Waals surface area contributed by atoms with Crippen molar-refractivity contribution in [3.8, 4) is 11.1 Å². The summed E-state index contributed by atoms with van der Waals surface area (Å²) in [4.78, 5) is 23.7. The highest BCUT2D eigenvalue weighted by molar-refractivity contribution is 6.31. The molecule has 1 amide bonds. The van der Waals surface area contributed by atoms with Crippen molar-refractivity contribution in [1.29, 1.82) is 0 Å². The number of anilines is 3. The molecule has 0 fully saturated rings. The number of hydrogen-bond acceptors (Lipinski definition) is 5. The van der Waals surface area contributed by atoms with Crippen LogP contribution in [0.1, 0.15) is 0 Å². The van der Waals surface area contributed by atoms with Gasteiger partial charge in [-0.2, -0.15) is 0 Å². The largest absolute Gasteiger partial charge is 0.351 e. The molecule has 2 aromatic heterocycles. The van der Waals surface area contributed by atoms with Crippen molar-refractivity contribution in [1.82, 2.24) is 19.4 Å². The van der Waals surface area contributed by atoms with Crippen LogP contribution in [0.25, 0.3) is 32.9 Å². The zero-order valence-electron chi connectivity index (χ0n) is 21.2. The molecule has 0 spiro atoms. The van der Waals surface area contributed by atoms with Crippen LogP contribution in [-0.2, 0) is 11.8 Å². The predicted octanol–water partition coefficient (Wildman–Crippen LogP) is 6.38. The summed E-state index contributed by atoms with van der Waals surface area (Å²) in [5.74, 6) is -0.458. The average Bonchev–Trinajstić information content (AvgIpc) is 3.26. The molecule has 0 aliphatic heterocycles. The molecule has 0 saturated carbocycles. The summed E-state index contributed by atoms with van der Waals surface area (Å²) in [5.41, 5.74) is 3.98. The molecule has 0 unspecified atom stereocenters. The highest BCUT2D eigenvalue weighted by Gasteiger charge is 2.18. The molecule has 9 heteroatoms. The summed E-state index contributed by atoms with van der Waals surface area (Å²) in [6, 6.07) is 16.5. The first-order valence-corrected chi connectivity index (χ1v) is 12.4. The van der Waals surface area contributed by atoms with E-state index in [2.05, 4.69) is 26.7 Å². The number of halogens is 2. The average molecular weight is 529 g/mol. The van der Waals surface area contributed by atoms with Crippen molar-refractivity contribution in [2.24, 2.45) is 7.05 Å². The van der Waals surface area contributed by atoms with Crippen molar-refractivity contribution >= 4 is 56.5 Å². The van der Waals surface area contributed by atoms with Crippen LogP contribution >= 0.6 is 11.6 Å². The third kappa shape index (κ3) is 5.09. The molecule has 2 N–H and O–H groups in total. The second-order valence-corrected chi connectivity index (χ2v) is 9.59. The van der Waals surface area contributed by atoms with Gasteiger partial charge in [0, 0.05) is 42.6 Å². The molecule has 192 valence electrons. The number of amides is 1. The topological polar surface area (TPSA) is 75.1 Å². The van der Waals surface area contributed by atoms with Crippen molar-refractivity contribution in [3.63, 3.8) is 0 Å². The van der Waals surface area contributed by atoms with Crippen LogP contribution in [0.15, 0.2) is 79.3 Å². The molecule has 5 rings (SSSR count).